The van der Waals surface area contributed by atoms with Crippen LogP contribution in [0.4, 0.5) is 11.5 Å². The first-order chi connectivity index (χ1) is 6.66. The predicted octanol–water partition coefficient (Wildman–Crippen LogP) is 1.18. The van der Waals surface area contributed by atoms with Gasteiger partial charge in [-0.15, -0.1) is 0 Å². The number of hydrogen-bond acceptors (Lipinski definition) is 4. The second-order valence-corrected chi connectivity index (χ2v) is 2.85. The van der Waals surface area contributed by atoms with Crippen molar-refractivity contribution >= 4 is 17.5 Å². The summed E-state index contributed by atoms with van der Waals surface area (Å²) in [5.74, 6) is -0.601. The summed E-state index contributed by atoms with van der Waals surface area (Å²) < 4.78 is 0. The highest BCUT2D eigenvalue weighted by molar-refractivity contribution is 5.96. The monoisotopic (exact) mass is 195 g/mol. The van der Waals surface area contributed by atoms with Crippen LogP contribution in [0.2, 0.25) is 0 Å². The first-order valence-corrected chi connectivity index (χ1v) is 4.38. The van der Waals surface area contributed by atoms with E-state index in [4.69, 9.17) is 10.8 Å². The molecule has 76 valence electrons. The molecule has 0 atom stereocenters. The minimum absolute atomic E-state index is 0.0820. The molecule has 0 fully saturated rings. The number of carbonyl (C=O) groups is 1. The fourth-order valence-electron chi connectivity index (χ4n) is 1.04. The molecule has 1 aromatic heterocycles. The van der Waals surface area contributed by atoms with Gasteiger partial charge in [0, 0.05) is 12.7 Å². The summed E-state index contributed by atoms with van der Waals surface area (Å²) in [6.45, 7) is 2.73. The molecule has 1 rings (SSSR count). The van der Waals surface area contributed by atoms with Gasteiger partial charge in [0.2, 0.25) is 0 Å². The minimum atomic E-state index is -1.04. The van der Waals surface area contributed by atoms with Crippen LogP contribution in [0.5, 0.6) is 0 Å². The Labute approximate surface area is 82.0 Å². The number of hydrogen-bond donors (Lipinski definition) is 3. The Hall–Kier alpha value is -1.78. The molecule has 4 N–H and O–H groups in total. The van der Waals surface area contributed by atoms with Crippen LogP contribution in [0.1, 0.15) is 23.7 Å². The van der Waals surface area contributed by atoms with Crippen LogP contribution < -0.4 is 11.1 Å². The van der Waals surface area contributed by atoms with E-state index in [1.54, 1.807) is 0 Å². The SMILES string of the molecule is CCCNc1nccc(C(=O)O)c1N. The minimum Gasteiger partial charge on any atom is -0.478 e. The highest BCUT2D eigenvalue weighted by Gasteiger charge is 2.11. The molecule has 0 radical (unpaired) electrons. The Balaban J connectivity index is 2.95. The summed E-state index contributed by atoms with van der Waals surface area (Å²) in [5.41, 5.74) is 5.89. The van der Waals surface area contributed by atoms with E-state index >= 15 is 0 Å². The first-order valence-electron chi connectivity index (χ1n) is 4.38. The maximum Gasteiger partial charge on any atom is 0.337 e. The van der Waals surface area contributed by atoms with Crippen molar-refractivity contribution in [3.05, 3.63) is 17.8 Å². The van der Waals surface area contributed by atoms with Gasteiger partial charge in [0.15, 0.2) is 0 Å². The molecule has 0 bridgehead atoms. The molecule has 0 amide bonds. The number of aromatic nitrogens is 1. The van der Waals surface area contributed by atoms with Gasteiger partial charge >= 0.3 is 5.97 Å². The summed E-state index contributed by atoms with van der Waals surface area (Å²) in [6, 6.07) is 1.38. The zero-order chi connectivity index (χ0) is 10.6. The third-order valence-electron chi connectivity index (χ3n) is 1.76. The lowest BCUT2D eigenvalue weighted by Crippen LogP contribution is -2.09. The van der Waals surface area contributed by atoms with E-state index in [0.29, 0.717) is 5.82 Å². The van der Waals surface area contributed by atoms with Crippen LogP contribution >= 0.6 is 0 Å². The largest absolute Gasteiger partial charge is 0.478 e. The number of nitrogens with two attached hydrogens (primary N) is 1. The lowest BCUT2D eigenvalue weighted by Gasteiger charge is -2.08. The summed E-state index contributed by atoms with van der Waals surface area (Å²) in [5, 5.41) is 11.7. The average molecular weight is 195 g/mol. The molecule has 5 nitrogen and oxygen atoms in total. The van der Waals surface area contributed by atoms with Crippen molar-refractivity contribution in [2.24, 2.45) is 0 Å². The van der Waals surface area contributed by atoms with Crippen molar-refractivity contribution < 1.29 is 9.90 Å². The lowest BCUT2D eigenvalue weighted by molar-refractivity contribution is 0.0698. The lowest BCUT2D eigenvalue weighted by atomic mass is 10.2. The zero-order valence-corrected chi connectivity index (χ0v) is 7.95. The van der Waals surface area contributed by atoms with Crippen molar-refractivity contribution in [3.8, 4) is 0 Å². The number of aromatic carboxylic acids is 1. The third-order valence-corrected chi connectivity index (χ3v) is 1.76. The molecule has 14 heavy (non-hydrogen) atoms. The summed E-state index contributed by atoms with van der Waals surface area (Å²) in [6.07, 6.45) is 2.36. The molecule has 0 saturated carbocycles. The molecule has 0 aliphatic heterocycles. The zero-order valence-electron chi connectivity index (χ0n) is 7.95. The van der Waals surface area contributed by atoms with Gasteiger partial charge in [0.1, 0.15) is 5.82 Å². The van der Waals surface area contributed by atoms with Crippen molar-refractivity contribution in [2.45, 2.75) is 13.3 Å². The van der Waals surface area contributed by atoms with Gasteiger partial charge in [-0.25, -0.2) is 9.78 Å². The topological polar surface area (TPSA) is 88.2 Å². The Kier molecular flexibility index (Phi) is 3.28. The van der Waals surface area contributed by atoms with Crippen LogP contribution in [0.3, 0.4) is 0 Å². The summed E-state index contributed by atoms with van der Waals surface area (Å²) >= 11 is 0. The Morgan fingerprint density at radius 2 is 2.43 bits per heavy atom. The molecule has 0 spiro atoms. The first kappa shape index (κ1) is 10.3. The second-order valence-electron chi connectivity index (χ2n) is 2.85. The smallest absolute Gasteiger partial charge is 0.337 e. The van der Waals surface area contributed by atoms with Crippen LogP contribution in [0, 0.1) is 0 Å². The normalized spacial score (nSPS) is 9.79. The van der Waals surface area contributed by atoms with Crippen molar-refractivity contribution in [2.75, 3.05) is 17.6 Å². The summed E-state index contributed by atoms with van der Waals surface area (Å²) in [7, 11) is 0. The molecule has 5 heteroatoms. The van der Waals surface area contributed by atoms with Gasteiger partial charge in [0.25, 0.3) is 0 Å². The fourth-order valence-corrected chi connectivity index (χ4v) is 1.04. The number of anilines is 2. The molecule has 1 heterocycles. The van der Waals surface area contributed by atoms with Gasteiger partial charge in [-0.2, -0.15) is 0 Å². The molecule has 0 unspecified atom stereocenters. The molecule has 1 aromatic rings. The molecular formula is C9H13N3O2. The summed E-state index contributed by atoms with van der Waals surface area (Å²) in [4.78, 5) is 14.7. The quantitative estimate of drug-likeness (QED) is 0.671. The number of rotatable bonds is 4. The fraction of sp³-hybridized carbons (Fsp3) is 0.333. The maximum atomic E-state index is 10.7. The predicted molar refractivity (Wildman–Crippen MR) is 54.4 cm³/mol. The van der Waals surface area contributed by atoms with E-state index in [1.807, 2.05) is 6.92 Å². The Morgan fingerprint density at radius 3 is 3.00 bits per heavy atom. The Bertz CT molecular complexity index is 339. The van der Waals surface area contributed by atoms with Gasteiger partial charge in [-0.1, -0.05) is 6.92 Å². The molecule has 0 saturated heterocycles. The van der Waals surface area contributed by atoms with Crippen molar-refractivity contribution in [1.82, 2.24) is 4.98 Å². The van der Waals surface area contributed by atoms with E-state index < -0.39 is 5.97 Å². The Morgan fingerprint density at radius 1 is 1.71 bits per heavy atom. The number of nitrogens with one attached hydrogen (secondary N) is 1. The van der Waals surface area contributed by atoms with E-state index in [0.717, 1.165) is 13.0 Å². The molecule has 0 aromatic carbocycles. The van der Waals surface area contributed by atoms with Gasteiger partial charge in [0.05, 0.1) is 11.3 Å². The van der Waals surface area contributed by atoms with Gasteiger partial charge in [-0.05, 0) is 12.5 Å². The van der Waals surface area contributed by atoms with Crippen LogP contribution in [-0.4, -0.2) is 22.6 Å². The number of carboxylic acid groups (broad SMARTS) is 1. The van der Waals surface area contributed by atoms with Crippen molar-refractivity contribution in [1.29, 1.82) is 0 Å². The average Bonchev–Trinajstić information content (AvgIpc) is 2.16. The number of nitrogens with zero attached hydrogens (tertiary/aromatic N) is 1. The van der Waals surface area contributed by atoms with E-state index in [9.17, 15) is 4.79 Å². The van der Waals surface area contributed by atoms with E-state index in [1.165, 1.54) is 12.3 Å². The molecule has 0 aliphatic rings. The highest BCUT2D eigenvalue weighted by Crippen LogP contribution is 2.19. The standard InChI is InChI=1S/C9H13N3O2/c1-2-4-11-8-7(10)6(9(13)14)3-5-12-8/h3,5H,2,4,10H2,1H3,(H,11,12)(H,13,14). The maximum absolute atomic E-state index is 10.7. The second kappa shape index (κ2) is 4.45. The highest BCUT2D eigenvalue weighted by atomic mass is 16.4. The number of pyridine rings is 1. The third kappa shape index (κ3) is 2.12. The van der Waals surface area contributed by atoms with Gasteiger partial charge < -0.3 is 16.2 Å². The number of carboxylic acids is 1. The molecule has 0 aliphatic carbocycles. The van der Waals surface area contributed by atoms with E-state index in [2.05, 4.69) is 10.3 Å². The van der Waals surface area contributed by atoms with Crippen LogP contribution in [0.25, 0.3) is 0 Å². The van der Waals surface area contributed by atoms with Crippen molar-refractivity contribution in [3.63, 3.8) is 0 Å². The van der Waals surface area contributed by atoms with E-state index in [-0.39, 0.29) is 11.3 Å². The number of nitrogen functional groups attached to an aromatic ring is 1. The van der Waals surface area contributed by atoms with Crippen LogP contribution in [-0.2, 0) is 0 Å². The van der Waals surface area contributed by atoms with Gasteiger partial charge in [-0.3, -0.25) is 0 Å². The van der Waals surface area contributed by atoms with Crippen LogP contribution in [0.15, 0.2) is 12.3 Å². The molecular weight excluding hydrogens is 182 g/mol.